The lowest BCUT2D eigenvalue weighted by Crippen LogP contribution is -2.45. The summed E-state index contributed by atoms with van der Waals surface area (Å²) in [5.74, 6) is 0.127. The molecule has 0 aromatic heterocycles. The number of rotatable bonds is 5. The average Bonchev–Trinajstić information content (AvgIpc) is 2.65. The lowest BCUT2D eigenvalue weighted by molar-refractivity contribution is -0.123. The fourth-order valence-corrected chi connectivity index (χ4v) is 2.14. The molecule has 6 nitrogen and oxygen atoms in total. The first-order valence-electron chi connectivity index (χ1n) is 7.68. The first-order valence-corrected chi connectivity index (χ1v) is 8.09. The van der Waals surface area contributed by atoms with Crippen molar-refractivity contribution in [2.24, 2.45) is 0 Å². The van der Waals surface area contributed by atoms with Gasteiger partial charge in [0.2, 0.25) is 0 Å². The second-order valence-electron chi connectivity index (χ2n) is 5.11. The van der Waals surface area contributed by atoms with Crippen molar-refractivity contribution >= 4 is 28.9 Å². The predicted molar refractivity (Wildman–Crippen MR) is 100.0 cm³/mol. The van der Waals surface area contributed by atoms with Gasteiger partial charge in [-0.05, 0) is 60.6 Å². The zero-order valence-corrected chi connectivity index (χ0v) is 14.5. The van der Waals surface area contributed by atoms with Crippen molar-refractivity contribution in [3.8, 4) is 11.8 Å². The molecule has 128 valence electrons. The number of thiocarbonyl (C=S) groups is 1. The van der Waals surface area contributed by atoms with Crippen molar-refractivity contribution < 1.29 is 9.53 Å². The van der Waals surface area contributed by atoms with Gasteiger partial charge >= 0.3 is 0 Å². The molecule has 0 bridgehead atoms. The minimum atomic E-state index is -0.379. The maximum atomic E-state index is 11.8. The molecule has 0 spiro atoms. The zero-order chi connectivity index (χ0) is 18.1. The van der Waals surface area contributed by atoms with E-state index in [-0.39, 0.29) is 17.6 Å². The summed E-state index contributed by atoms with van der Waals surface area (Å²) in [4.78, 5) is 11.8. The number of hydrazine groups is 1. The number of amides is 1. The van der Waals surface area contributed by atoms with E-state index in [4.69, 9.17) is 22.2 Å². The van der Waals surface area contributed by atoms with Crippen LogP contribution in [0.1, 0.15) is 18.1 Å². The van der Waals surface area contributed by atoms with Gasteiger partial charge in [0.05, 0.1) is 11.6 Å². The maximum Gasteiger partial charge on any atom is 0.276 e. The summed E-state index contributed by atoms with van der Waals surface area (Å²) in [5, 5.41) is 12.0. The van der Waals surface area contributed by atoms with Crippen molar-refractivity contribution in [3.63, 3.8) is 0 Å². The number of hydrogen-bond acceptors (Lipinski definition) is 4. The van der Waals surface area contributed by atoms with Gasteiger partial charge in [-0.3, -0.25) is 15.6 Å². The van der Waals surface area contributed by atoms with Crippen molar-refractivity contribution in [1.82, 2.24) is 10.9 Å². The SMILES string of the molecule is CCc1cccc(NC(=S)NNC(=O)COc2ccc(C#N)cc2)c1. The first-order chi connectivity index (χ1) is 12.1. The highest BCUT2D eigenvalue weighted by Crippen LogP contribution is 2.11. The molecule has 2 rings (SSSR count). The zero-order valence-electron chi connectivity index (χ0n) is 13.7. The summed E-state index contributed by atoms with van der Waals surface area (Å²) in [7, 11) is 0. The highest BCUT2D eigenvalue weighted by molar-refractivity contribution is 7.80. The van der Waals surface area contributed by atoms with Crippen molar-refractivity contribution in [3.05, 3.63) is 59.7 Å². The van der Waals surface area contributed by atoms with Gasteiger partial charge in [0, 0.05) is 5.69 Å². The molecule has 0 fully saturated rings. The van der Waals surface area contributed by atoms with Crippen LogP contribution in [-0.2, 0) is 11.2 Å². The van der Waals surface area contributed by atoms with Gasteiger partial charge in [0.1, 0.15) is 5.75 Å². The molecule has 0 radical (unpaired) electrons. The van der Waals surface area contributed by atoms with E-state index in [9.17, 15) is 4.79 Å². The molecule has 7 heteroatoms. The van der Waals surface area contributed by atoms with Crippen LogP contribution in [0.2, 0.25) is 0 Å². The van der Waals surface area contributed by atoms with Crippen LogP contribution in [0.4, 0.5) is 5.69 Å². The summed E-state index contributed by atoms with van der Waals surface area (Å²) < 4.78 is 5.32. The Morgan fingerprint density at radius 2 is 1.96 bits per heavy atom. The highest BCUT2D eigenvalue weighted by Gasteiger charge is 2.04. The number of carbonyl (C=O) groups is 1. The van der Waals surface area contributed by atoms with Gasteiger partial charge in [-0.1, -0.05) is 19.1 Å². The number of ether oxygens (including phenoxy) is 1. The second-order valence-corrected chi connectivity index (χ2v) is 5.51. The minimum Gasteiger partial charge on any atom is -0.484 e. The van der Waals surface area contributed by atoms with Crippen molar-refractivity contribution in [2.75, 3.05) is 11.9 Å². The van der Waals surface area contributed by atoms with Gasteiger partial charge in [-0.2, -0.15) is 5.26 Å². The van der Waals surface area contributed by atoms with E-state index >= 15 is 0 Å². The van der Waals surface area contributed by atoms with Crippen LogP contribution < -0.4 is 20.9 Å². The second kappa shape index (κ2) is 9.25. The average molecular weight is 354 g/mol. The number of nitrogens with one attached hydrogen (secondary N) is 3. The van der Waals surface area contributed by atoms with E-state index in [0.29, 0.717) is 11.3 Å². The van der Waals surface area contributed by atoms with E-state index in [0.717, 1.165) is 12.1 Å². The van der Waals surface area contributed by atoms with E-state index in [1.165, 1.54) is 5.56 Å². The third-order valence-electron chi connectivity index (χ3n) is 3.26. The van der Waals surface area contributed by atoms with Crippen molar-refractivity contribution in [2.45, 2.75) is 13.3 Å². The Labute approximate surface area is 151 Å². The molecular weight excluding hydrogens is 336 g/mol. The van der Waals surface area contributed by atoms with E-state index in [1.807, 2.05) is 30.3 Å². The Bertz CT molecular complexity index is 784. The first kappa shape index (κ1) is 18.2. The van der Waals surface area contributed by atoms with E-state index < -0.39 is 0 Å². The number of nitrogens with zero attached hydrogens (tertiary/aromatic N) is 1. The fraction of sp³-hybridized carbons (Fsp3) is 0.167. The van der Waals surface area contributed by atoms with Gasteiger partial charge in [-0.15, -0.1) is 0 Å². The number of hydrogen-bond donors (Lipinski definition) is 3. The Kier molecular flexibility index (Phi) is 6.75. The van der Waals surface area contributed by atoms with E-state index in [1.54, 1.807) is 24.3 Å². The van der Waals surface area contributed by atoms with Crippen LogP contribution in [0.25, 0.3) is 0 Å². The number of anilines is 1. The Balaban J connectivity index is 1.73. The molecule has 0 aliphatic carbocycles. The molecular formula is C18H18N4O2S. The minimum absolute atomic E-state index is 0.174. The lowest BCUT2D eigenvalue weighted by atomic mass is 10.1. The molecule has 2 aromatic rings. The third-order valence-corrected chi connectivity index (χ3v) is 3.47. The van der Waals surface area contributed by atoms with Crippen molar-refractivity contribution in [1.29, 1.82) is 5.26 Å². The fourth-order valence-electron chi connectivity index (χ4n) is 1.97. The number of nitriles is 1. The normalized spacial score (nSPS) is 9.60. The number of aryl methyl sites for hydroxylation is 1. The van der Waals surface area contributed by atoms with Gasteiger partial charge in [0.15, 0.2) is 11.7 Å². The Morgan fingerprint density at radius 3 is 2.64 bits per heavy atom. The van der Waals surface area contributed by atoms with Crippen LogP contribution in [-0.4, -0.2) is 17.6 Å². The monoisotopic (exact) mass is 354 g/mol. The third kappa shape index (κ3) is 6.12. The Morgan fingerprint density at radius 1 is 1.20 bits per heavy atom. The molecule has 3 N–H and O–H groups in total. The van der Waals surface area contributed by atoms with E-state index in [2.05, 4.69) is 23.1 Å². The smallest absolute Gasteiger partial charge is 0.276 e. The standard InChI is InChI=1S/C18H18N4O2S/c1-2-13-4-3-5-15(10-13)20-18(25)22-21-17(23)12-24-16-8-6-14(11-19)7-9-16/h3-10H,2,12H2,1H3,(H,21,23)(H2,20,22,25). The summed E-state index contributed by atoms with van der Waals surface area (Å²) in [6.45, 7) is 1.90. The molecule has 0 heterocycles. The summed E-state index contributed by atoms with van der Waals surface area (Å²) in [6.07, 6.45) is 0.930. The molecule has 0 aliphatic rings. The molecule has 2 aromatic carbocycles. The number of carbonyl (C=O) groups excluding carboxylic acids is 1. The van der Waals surface area contributed by atoms with Crippen LogP contribution in [0.3, 0.4) is 0 Å². The molecule has 0 aliphatic heterocycles. The van der Waals surface area contributed by atoms with Crippen LogP contribution >= 0.6 is 12.2 Å². The van der Waals surface area contributed by atoms with Gasteiger partial charge in [-0.25, -0.2) is 0 Å². The van der Waals surface area contributed by atoms with Crippen LogP contribution in [0, 0.1) is 11.3 Å². The summed E-state index contributed by atoms with van der Waals surface area (Å²) >= 11 is 5.13. The molecule has 0 unspecified atom stereocenters. The van der Waals surface area contributed by atoms with Crippen LogP contribution in [0.15, 0.2) is 48.5 Å². The molecule has 0 atom stereocenters. The quantitative estimate of drug-likeness (QED) is 0.565. The van der Waals surface area contributed by atoms with Crippen LogP contribution in [0.5, 0.6) is 5.75 Å². The summed E-state index contributed by atoms with van der Waals surface area (Å²) in [6, 6.07) is 16.4. The topological polar surface area (TPSA) is 86.2 Å². The van der Waals surface area contributed by atoms with Gasteiger partial charge < -0.3 is 10.1 Å². The molecule has 25 heavy (non-hydrogen) atoms. The molecule has 0 saturated heterocycles. The number of benzene rings is 2. The highest BCUT2D eigenvalue weighted by atomic mass is 32.1. The molecule has 1 amide bonds. The van der Waals surface area contributed by atoms with Gasteiger partial charge in [0.25, 0.3) is 5.91 Å². The molecule has 0 saturated carbocycles. The lowest BCUT2D eigenvalue weighted by Gasteiger charge is -2.12. The Hall–Kier alpha value is -3.11. The summed E-state index contributed by atoms with van der Waals surface area (Å²) in [5.41, 5.74) is 7.64. The predicted octanol–water partition coefficient (Wildman–Crippen LogP) is 2.52. The maximum absolute atomic E-state index is 11.8. The largest absolute Gasteiger partial charge is 0.484 e.